The number of rotatable bonds is 5. The second-order valence-corrected chi connectivity index (χ2v) is 4.70. The van der Waals surface area contributed by atoms with Crippen molar-refractivity contribution in [3.8, 4) is 0 Å². The third-order valence-corrected chi connectivity index (χ3v) is 3.08. The Labute approximate surface area is 115 Å². The molecule has 0 heterocycles. The summed E-state index contributed by atoms with van der Waals surface area (Å²) in [5.74, 6) is -0.480. The Hall–Kier alpha value is -1.36. The van der Waals surface area contributed by atoms with E-state index in [4.69, 9.17) is 0 Å². The maximum atomic E-state index is 12.0. The van der Waals surface area contributed by atoms with Gasteiger partial charge in [-0.1, -0.05) is 28.1 Å². The zero-order valence-electron chi connectivity index (χ0n) is 10.5. The van der Waals surface area contributed by atoms with Crippen LogP contribution in [0.2, 0.25) is 0 Å². The summed E-state index contributed by atoms with van der Waals surface area (Å²) in [7, 11) is 1.31. The standard InChI is InChI=1S/C13H16BrNO3/c1-3-15(9-13(17)18-2)12(16)8-10-4-6-11(14)7-5-10/h4-7H,3,8-9H2,1-2H3. The van der Waals surface area contributed by atoms with E-state index in [1.807, 2.05) is 31.2 Å². The summed E-state index contributed by atoms with van der Waals surface area (Å²) in [6, 6.07) is 7.54. The molecule has 0 fully saturated rings. The first-order valence-electron chi connectivity index (χ1n) is 5.65. The molecule has 1 amide bonds. The summed E-state index contributed by atoms with van der Waals surface area (Å²) in [6.07, 6.45) is 0.290. The van der Waals surface area contributed by atoms with Crippen molar-refractivity contribution in [2.24, 2.45) is 0 Å². The summed E-state index contributed by atoms with van der Waals surface area (Å²) in [6.45, 7) is 2.33. The molecule has 1 aromatic rings. The third-order valence-electron chi connectivity index (χ3n) is 2.55. The number of esters is 1. The van der Waals surface area contributed by atoms with Crippen LogP contribution in [-0.2, 0) is 20.7 Å². The molecular weight excluding hydrogens is 298 g/mol. The first-order chi connectivity index (χ1) is 8.56. The normalized spacial score (nSPS) is 9.94. The number of hydrogen-bond donors (Lipinski definition) is 0. The summed E-state index contributed by atoms with van der Waals surface area (Å²) >= 11 is 3.34. The molecule has 1 rings (SSSR count). The summed E-state index contributed by atoms with van der Waals surface area (Å²) < 4.78 is 5.53. The highest BCUT2D eigenvalue weighted by Gasteiger charge is 2.15. The molecule has 0 radical (unpaired) electrons. The van der Waals surface area contributed by atoms with Crippen molar-refractivity contribution in [3.05, 3.63) is 34.3 Å². The van der Waals surface area contributed by atoms with E-state index in [-0.39, 0.29) is 18.9 Å². The van der Waals surface area contributed by atoms with Crippen LogP contribution in [0.4, 0.5) is 0 Å². The third kappa shape index (κ3) is 4.49. The van der Waals surface area contributed by atoms with Gasteiger partial charge in [-0.3, -0.25) is 9.59 Å². The molecule has 0 N–H and O–H groups in total. The minimum absolute atomic E-state index is 0.00234. The number of likely N-dealkylation sites (N-methyl/N-ethyl adjacent to an activating group) is 1. The molecule has 18 heavy (non-hydrogen) atoms. The molecule has 0 aliphatic carbocycles. The molecule has 0 unspecified atom stereocenters. The Kier molecular flexibility index (Phi) is 5.85. The highest BCUT2D eigenvalue weighted by molar-refractivity contribution is 9.10. The average molecular weight is 314 g/mol. The highest BCUT2D eigenvalue weighted by atomic mass is 79.9. The monoisotopic (exact) mass is 313 g/mol. The van der Waals surface area contributed by atoms with Crippen molar-refractivity contribution in [1.82, 2.24) is 4.90 Å². The molecule has 4 nitrogen and oxygen atoms in total. The molecule has 1 aromatic carbocycles. The highest BCUT2D eigenvalue weighted by Crippen LogP contribution is 2.11. The second-order valence-electron chi connectivity index (χ2n) is 3.79. The van der Waals surface area contributed by atoms with Crippen LogP contribution in [0.5, 0.6) is 0 Å². The molecule has 0 saturated heterocycles. The Bertz CT molecular complexity index is 417. The van der Waals surface area contributed by atoms with Gasteiger partial charge in [0.05, 0.1) is 13.5 Å². The van der Waals surface area contributed by atoms with E-state index in [1.54, 1.807) is 0 Å². The zero-order chi connectivity index (χ0) is 13.5. The van der Waals surface area contributed by atoms with Crippen LogP contribution >= 0.6 is 15.9 Å². The Morgan fingerprint density at radius 1 is 1.28 bits per heavy atom. The van der Waals surface area contributed by atoms with Crippen LogP contribution in [0.25, 0.3) is 0 Å². The van der Waals surface area contributed by atoms with Crippen molar-refractivity contribution in [1.29, 1.82) is 0 Å². The molecular formula is C13H16BrNO3. The van der Waals surface area contributed by atoms with E-state index >= 15 is 0 Å². The van der Waals surface area contributed by atoms with Crippen molar-refractivity contribution < 1.29 is 14.3 Å². The van der Waals surface area contributed by atoms with E-state index in [0.717, 1.165) is 10.0 Å². The van der Waals surface area contributed by atoms with Gasteiger partial charge in [0.1, 0.15) is 6.54 Å². The number of hydrogen-bond acceptors (Lipinski definition) is 3. The van der Waals surface area contributed by atoms with Gasteiger partial charge in [-0.2, -0.15) is 0 Å². The quantitative estimate of drug-likeness (QED) is 0.781. The first-order valence-corrected chi connectivity index (χ1v) is 6.45. The van der Waals surface area contributed by atoms with Crippen LogP contribution in [0, 0.1) is 0 Å². The topological polar surface area (TPSA) is 46.6 Å². The van der Waals surface area contributed by atoms with Gasteiger partial charge >= 0.3 is 5.97 Å². The van der Waals surface area contributed by atoms with E-state index in [0.29, 0.717) is 6.54 Å². The first kappa shape index (κ1) is 14.7. The van der Waals surface area contributed by atoms with Crippen LogP contribution in [0.15, 0.2) is 28.7 Å². The number of nitrogens with zero attached hydrogens (tertiary/aromatic N) is 1. The van der Waals surface area contributed by atoms with Crippen LogP contribution in [0.1, 0.15) is 12.5 Å². The van der Waals surface area contributed by atoms with Gasteiger partial charge in [0.2, 0.25) is 5.91 Å². The number of amides is 1. The van der Waals surface area contributed by atoms with Crippen LogP contribution in [0.3, 0.4) is 0 Å². The predicted octanol–water partition coefficient (Wildman–Crippen LogP) is 2.01. The van der Waals surface area contributed by atoms with Crippen LogP contribution < -0.4 is 0 Å². The fourth-order valence-electron chi connectivity index (χ4n) is 1.49. The molecule has 5 heteroatoms. The predicted molar refractivity (Wildman–Crippen MR) is 72.1 cm³/mol. The van der Waals surface area contributed by atoms with Crippen molar-refractivity contribution in [2.45, 2.75) is 13.3 Å². The van der Waals surface area contributed by atoms with Crippen molar-refractivity contribution in [2.75, 3.05) is 20.2 Å². The number of benzene rings is 1. The van der Waals surface area contributed by atoms with Gasteiger partial charge in [0.25, 0.3) is 0 Å². The van der Waals surface area contributed by atoms with Crippen LogP contribution in [-0.4, -0.2) is 37.0 Å². The van der Waals surface area contributed by atoms with Gasteiger partial charge in [-0.15, -0.1) is 0 Å². The van der Waals surface area contributed by atoms with Gasteiger partial charge in [-0.05, 0) is 24.6 Å². The molecule has 0 aliphatic rings. The van der Waals surface area contributed by atoms with Gasteiger partial charge in [0.15, 0.2) is 0 Å². The second kappa shape index (κ2) is 7.16. The lowest BCUT2D eigenvalue weighted by molar-refractivity contribution is -0.146. The molecule has 0 bridgehead atoms. The number of carbonyl (C=O) groups excluding carboxylic acids is 2. The van der Waals surface area contributed by atoms with Gasteiger partial charge in [-0.25, -0.2) is 0 Å². The number of carbonyl (C=O) groups is 2. The largest absolute Gasteiger partial charge is 0.468 e. The van der Waals surface area contributed by atoms with E-state index in [2.05, 4.69) is 20.7 Å². The summed E-state index contributed by atoms with van der Waals surface area (Å²) in [4.78, 5) is 24.6. The number of halogens is 1. The van der Waals surface area contributed by atoms with Crippen molar-refractivity contribution >= 4 is 27.8 Å². The molecule has 0 saturated carbocycles. The fraction of sp³-hybridized carbons (Fsp3) is 0.385. The van der Waals surface area contributed by atoms with E-state index in [9.17, 15) is 9.59 Å². The maximum absolute atomic E-state index is 12.0. The van der Waals surface area contributed by atoms with E-state index < -0.39 is 5.97 Å². The summed E-state index contributed by atoms with van der Waals surface area (Å²) in [5, 5.41) is 0. The zero-order valence-corrected chi connectivity index (χ0v) is 12.1. The van der Waals surface area contributed by atoms with Gasteiger partial charge in [0, 0.05) is 11.0 Å². The minimum atomic E-state index is -0.402. The SMILES string of the molecule is CCN(CC(=O)OC)C(=O)Cc1ccc(Br)cc1. The Morgan fingerprint density at radius 3 is 2.39 bits per heavy atom. The molecule has 0 atom stereocenters. The summed E-state index contributed by atoms with van der Waals surface area (Å²) in [5.41, 5.74) is 0.923. The maximum Gasteiger partial charge on any atom is 0.325 e. The lowest BCUT2D eigenvalue weighted by Gasteiger charge is -2.19. The molecule has 98 valence electrons. The molecule has 0 aromatic heterocycles. The molecule has 0 spiro atoms. The minimum Gasteiger partial charge on any atom is -0.468 e. The Morgan fingerprint density at radius 2 is 1.89 bits per heavy atom. The smallest absolute Gasteiger partial charge is 0.325 e. The number of ether oxygens (including phenoxy) is 1. The number of methoxy groups -OCH3 is 1. The van der Waals surface area contributed by atoms with Crippen molar-refractivity contribution in [3.63, 3.8) is 0 Å². The average Bonchev–Trinajstić information content (AvgIpc) is 2.38. The van der Waals surface area contributed by atoms with Gasteiger partial charge < -0.3 is 9.64 Å². The lowest BCUT2D eigenvalue weighted by Crippen LogP contribution is -2.36. The lowest BCUT2D eigenvalue weighted by atomic mass is 10.1. The fourth-order valence-corrected chi connectivity index (χ4v) is 1.75. The Balaban J connectivity index is 2.62. The van der Waals surface area contributed by atoms with E-state index in [1.165, 1.54) is 12.0 Å². The molecule has 0 aliphatic heterocycles.